The molecule has 11 nitrogen and oxygen atoms in total. The number of nitrogens with zero attached hydrogens (tertiary/aromatic N) is 1. The number of aliphatic hydroxyl groups excluding tert-OH is 3. The summed E-state index contributed by atoms with van der Waals surface area (Å²) in [5.41, 5.74) is -1.91. The summed E-state index contributed by atoms with van der Waals surface area (Å²) >= 11 is 0. The molecule has 3 amide bonds. The topological polar surface area (TPSA) is 166 Å². The van der Waals surface area contributed by atoms with Crippen molar-refractivity contribution in [3.63, 3.8) is 0 Å². The minimum absolute atomic E-state index is 0.00492. The fourth-order valence-electron chi connectivity index (χ4n) is 4.66. The lowest BCUT2D eigenvalue weighted by Crippen LogP contribution is -2.62. The summed E-state index contributed by atoms with van der Waals surface area (Å²) in [7, 11) is 0. The van der Waals surface area contributed by atoms with Crippen LogP contribution in [0.4, 0.5) is 0 Å². The van der Waals surface area contributed by atoms with Gasteiger partial charge in [0.15, 0.2) is 0 Å². The number of rotatable bonds is 13. The van der Waals surface area contributed by atoms with Gasteiger partial charge in [-0.3, -0.25) is 29.4 Å². The van der Waals surface area contributed by atoms with Crippen molar-refractivity contribution < 1.29 is 39.2 Å². The molecule has 0 unspecified atom stereocenters. The average molecular weight is 572 g/mol. The summed E-state index contributed by atoms with van der Waals surface area (Å²) in [4.78, 5) is 54.1. The molecule has 0 aliphatic carbocycles. The van der Waals surface area contributed by atoms with Crippen molar-refractivity contribution in [2.45, 2.75) is 70.7 Å². The molecule has 2 aromatic rings. The maximum atomic E-state index is 13.3. The molecule has 2 atom stereocenters. The molecule has 0 saturated carbocycles. The van der Waals surface area contributed by atoms with Crippen LogP contribution in [0.25, 0.3) is 10.8 Å². The maximum absolute atomic E-state index is 13.3. The highest BCUT2D eigenvalue weighted by Gasteiger charge is 2.39. The molecule has 0 aromatic heterocycles. The number of esters is 1. The number of amides is 3. The molecule has 0 bridgehead atoms. The molecule has 2 aromatic carbocycles. The van der Waals surface area contributed by atoms with E-state index < -0.39 is 66.7 Å². The van der Waals surface area contributed by atoms with Gasteiger partial charge in [0.25, 0.3) is 11.8 Å². The standard InChI is InChI=1S/C30H41N3O8/c1-18(2)12-24(25(37)32-30(15-34,16-35)17-36)31-23(28(40)41-29(3,4)5)10-11-33-26(38)21-13-19-8-6-7-9-20(19)14-22(21)27(33)39/h6-9,13-14,18,23-24,31,34-36H,10-12,15-17H2,1-5H3,(H,32,37)/t23-,24+/m1/s1. The third-order valence-corrected chi connectivity index (χ3v) is 6.89. The molecular weight excluding hydrogens is 530 g/mol. The minimum Gasteiger partial charge on any atom is -0.459 e. The molecular formula is C30H41N3O8. The van der Waals surface area contributed by atoms with Crippen LogP contribution in [-0.4, -0.2) is 93.5 Å². The summed E-state index contributed by atoms with van der Waals surface area (Å²) in [5.74, 6) is -2.24. The van der Waals surface area contributed by atoms with E-state index in [2.05, 4.69) is 10.6 Å². The quantitative estimate of drug-likeness (QED) is 0.176. The molecule has 41 heavy (non-hydrogen) atoms. The second kappa shape index (κ2) is 13.1. The van der Waals surface area contributed by atoms with Gasteiger partial charge >= 0.3 is 5.97 Å². The van der Waals surface area contributed by atoms with Gasteiger partial charge in [-0.2, -0.15) is 0 Å². The Kier molecular flexibility index (Phi) is 10.2. The maximum Gasteiger partial charge on any atom is 0.323 e. The Morgan fingerprint density at radius 1 is 0.902 bits per heavy atom. The SMILES string of the molecule is CC(C)C[C@H](N[C@H](CCN1C(=O)c2cc3ccccc3cc2C1=O)C(=O)OC(C)(C)C)C(=O)NC(CO)(CO)CO. The molecule has 0 spiro atoms. The number of ether oxygens (including phenoxy) is 1. The summed E-state index contributed by atoms with van der Waals surface area (Å²) in [6, 6.07) is 8.72. The van der Waals surface area contributed by atoms with Crippen molar-refractivity contribution in [2.24, 2.45) is 5.92 Å². The van der Waals surface area contributed by atoms with Crippen LogP contribution in [0.3, 0.4) is 0 Å². The molecule has 3 rings (SSSR count). The number of nitrogens with one attached hydrogen (secondary N) is 2. The molecule has 1 heterocycles. The zero-order chi connectivity index (χ0) is 30.5. The molecule has 1 aliphatic heterocycles. The summed E-state index contributed by atoms with van der Waals surface area (Å²) < 4.78 is 5.59. The van der Waals surface area contributed by atoms with Gasteiger partial charge < -0.3 is 25.4 Å². The molecule has 1 aliphatic rings. The highest BCUT2D eigenvalue weighted by atomic mass is 16.6. The highest BCUT2D eigenvalue weighted by Crippen LogP contribution is 2.28. The van der Waals surface area contributed by atoms with E-state index in [1.165, 1.54) is 0 Å². The van der Waals surface area contributed by atoms with Crippen LogP contribution in [0, 0.1) is 5.92 Å². The third-order valence-electron chi connectivity index (χ3n) is 6.89. The van der Waals surface area contributed by atoms with Crippen molar-refractivity contribution in [3.8, 4) is 0 Å². The van der Waals surface area contributed by atoms with Crippen molar-refractivity contribution in [1.29, 1.82) is 0 Å². The van der Waals surface area contributed by atoms with E-state index in [0.717, 1.165) is 15.7 Å². The molecule has 5 N–H and O–H groups in total. The van der Waals surface area contributed by atoms with E-state index in [0.29, 0.717) is 11.1 Å². The summed E-state index contributed by atoms with van der Waals surface area (Å²) in [5, 5.41) is 36.2. The predicted molar refractivity (Wildman–Crippen MR) is 152 cm³/mol. The first-order valence-corrected chi connectivity index (χ1v) is 13.8. The van der Waals surface area contributed by atoms with E-state index >= 15 is 0 Å². The Morgan fingerprint density at radius 3 is 1.85 bits per heavy atom. The number of aliphatic hydroxyl groups is 3. The van der Waals surface area contributed by atoms with Crippen LogP contribution in [0.5, 0.6) is 0 Å². The lowest BCUT2D eigenvalue weighted by atomic mass is 9.98. The average Bonchev–Trinajstić information content (AvgIpc) is 3.14. The van der Waals surface area contributed by atoms with Gasteiger partial charge in [0.05, 0.1) is 37.0 Å². The van der Waals surface area contributed by atoms with E-state index in [-0.39, 0.29) is 25.3 Å². The number of benzene rings is 2. The number of imide groups is 1. The zero-order valence-corrected chi connectivity index (χ0v) is 24.3. The van der Waals surface area contributed by atoms with Crippen LogP contribution in [0.15, 0.2) is 36.4 Å². The van der Waals surface area contributed by atoms with Gasteiger partial charge in [-0.15, -0.1) is 0 Å². The van der Waals surface area contributed by atoms with E-state index in [4.69, 9.17) is 4.74 Å². The fraction of sp³-hybridized carbons (Fsp3) is 0.533. The van der Waals surface area contributed by atoms with E-state index in [1.807, 2.05) is 38.1 Å². The van der Waals surface area contributed by atoms with Crippen LogP contribution in [-0.2, 0) is 14.3 Å². The Morgan fingerprint density at radius 2 is 1.41 bits per heavy atom. The summed E-state index contributed by atoms with van der Waals surface area (Å²) in [6.07, 6.45) is 0.232. The van der Waals surface area contributed by atoms with E-state index in [1.54, 1.807) is 32.9 Å². The van der Waals surface area contributed by atoms with Crippen molar-refractivity contribution in [1.82, 2.24) is 15.5 Å². The lowest BCUT2D eigenvalue weighted by molar-refractivity contribution is -0.158. The summed E-state index contributed by atoms with van der Waals surface area (Å²) in [6.45, 7) is 6.64. The first kappa shape index (κ1) is 32.1. The predicted octanol–water partition coefficient (Wildman–Crippen LogP) is 1.37. The van der Waals surface area contributed by atoms with Crippen LogP contribution >= 0.6 is 0 Å². The minimum atomic E-state index is -1.65. The van der Waals surface area contributed by atoms with Gasteiger partial charge in [-0.1, -0.05) is 38.1 Å². The monoisotopic (exact) mass is 571 g/mol. The van der Waals surface area contributed by atoms with Crippen molar-refractivity contribution >= 4 is 34.5 Å². The normalized spacial score (nSPS) is 15.3. The molecule has 0 fully saturated rings. The number of hydrogen-bond donors (Lipinski definition) is 5. The second-order valence-electron chi connectivity index (χ2n) is 12.0. The fourth-order valence-corrected chi connectivity index (χ4v) is 4.66. The molecule has 224 valence electrons. The van der Waals surface area contributed by atoms with Gasteiger partial charge in [0.1, 0.15) is 17.2 Å². The van der Waals surface area contributed by atoms with Gasteiger partial charge in [0.2, 0.25) is 5.91 Å². The Labute approximate surface area is 239 Å². The van der Waals surface area contributed by atoms with Crippen molar-refractivity contribution in [2.75, 3.05) is 26.4 Å². The van der Waals surface area contributed by atoms with Crippen molar-refractivity contribution in [3.05, 3.63) is 47.5 Å². The van der Waals surface area contributed by atoms with Gasteiger partial charge in [0, 0.05) is 6.54 Å². The number of carbonyl (C=O) groups excluding carboxylic acids is 4. The Bertz CT molecular complexity index is 1220. The zero-order valence-electron chi connectivity index (χ0n) is 24.3. The van der Waals surface area contributed by atoms with E-state index in [9.17, 15) is 34.5 Å². The molecule has 0 saturated heterocycles. The Balaban J connectivity index is 1.85. The second-order valence-corrected chi connectivity index (χ2v) is 12.0. The largest absolute Gasteiger partial charge is 0.459 e. The number of hydrogen-bond acceptors (Lipinski definition) is 9. The number of fused-ring (bicyclic) bond motifs is 2. The number of carbonyl (C=O) groups is 4. The highest BCUT2D eigenvalue weighted by molar-refractivity contribution is 6.23. The smallest absolute Gasteiger partial charge is 0.323 e. The van der Waals surface area contributed by atoms with Gasteiger partial charge in [-0.05, 0) is 62.4 Å². The third kappa shape index (κ3) is 7.68. The molecule has 0 radical (unpaired) electrons. The lowest BCUT2D eigenvalue weighted by Gasteiger charge is -2.33. The van der Waals surface area contributed by atoms with Gasteiger partial charge in [-0.25, -0.2) is 0 Å². The van der Waals surface area contributed by atoms with Crippen LogP contribution in [0.1, 0.15) is 68.2 Å². The van der Waals surface area contributed by atoms with Crippen LogP contribution < -0.4 is 10.6 Å². The molecule has 11 heteroatoms. The first-order valence-electron chi connectivity index (χ1n) is 13.8. The Hall–Kier alpha value is -3.38. The first-order chi connectivity index (χ1) is 19.2. The van der Waals surface area contributed by atoms with Crippen LogP contribution in [0.2, 0.25) is 0 Å².